The molecule has 1 amide bonds. The van der Waals surface area contributed by atoms with Gasteiger partial charge in [-0.2, -0.15) is 5.10 Å². The van der Waals surface area contributed by atoms with Gasteiger partial charge in [-0.05, 0) is 12.1 Å². The van der Waals surface area contributed by atoms with E-state index in [1.807, 2.05) is 0 Å². The van der Waals surface area contributed by atoms with Crippen LogP contribution in [0, 0.1) is 5.82 Å². The zero-order valence-corrected chi connectivity index (χ0v) is 9.27. The zero-order chi connectivity index (χ0) is 13.0. The minimum absolute atomic E-state index is 0.0485. The summed E-state index contributed by atoms with van der Waals surface area (Å²) in [7, 11) is 0. The van der Waals surface area contributed by atoms with E-state index in [0.29, 0.717) is 5.82 Å². The average molecular weight is 250 g/mol. The van der Waals surface area contributed by atoms with Crippen molar-refractivity contribution in [2.75, 3.05) is 5.43 Å². The number of aromatic amines is 1. The number of carbonyl (C=O) groups is 1. The molecule has 0 aliphatic carbocycles. The molecule has 5 N–H and O–H groups in total. The van der Waals surface area contributed by atoms with Gasteiger partial charge in [0.25, 0.3) is 5.91 Å². The molecule has 0 saturated carbocycles. The third kappa shape index (κ3) is 2.43. The summed E-state index contributed by atoms with van der Waals surface area (Å²) >= 11 is 0. The molecule has 1 aromatic heterocycles. The molecule has 0 atom stereocenters. The normalized spacial score (nSPS) is 10.1. The molecule has 0 saturated heterocycles. The lowest BCUT2D eigenvalue weighted by molar-refractivity contribution is 0.0950. The van der Waals surface area contributed by atoms with Gasteiger partial charge in [0.1, 0.15) is 18.0 Å². The average Bonchev–Trinajstić information content (AvgIpc) is 2.88. The molecular formula is C10H11FN6O. The van der Waals surface area contributed by atoms with Crippen LogP contribution >= 0.6 is 0 Å². The van der Waals surface area contributed by atoms with E-state index in [1.165, 1.54) is 24.5 Å². The predicted molar refractivity (Wildman–Crippen MR) is 61.8 cm³/mol. The fourth-order valence-electron chi connectivity index (χ4n) is 1.44. The highest BCUT2D eigenvalue weighted by molar-refractivity contribution is 5.99. The van der Waals surface area contributed by atoms with Crippen molar-refractivity contribution in [3.8, 4) is 0 Å². The number of halogens is 1. The third-order valence-electron chi connectivity index (χ3n) is 2.28. The van der Waals surface area contributed by atoms with Gasteiger partial charge in [-0.1, -0.05) is 6.07 Å². The van der Waals surface area contributed by atoms with E-state index < -0.39 is 11.7 Å². The number of nitrogens with one attached hydrogen (secondary N) is 3. The highest BCUT2D eigenvalue weighted by atomic mass is 19.1. The van der Waals surface area contributed by atoms with Crippen LogP contribution in [0.1, 0.15) is 16.2 Å². The number of anilines is 1. The van der Waals surface area contributed by atoms with Crippen molar-refractivity contribution in [3.05, 3.63) is 41.7 Å². The lowest BCUT2D eigenvalue weighted by atomic mass is 10.1. The number of rotatable bonds is 4. The number of nitrogen functional groups attached to an aromatic ring is 1. The van der Waals surface area contributed by atoms with Crippen LogP contribution in [0.25, 0.3) is 0 Å². The van der Waals surface area contributed by atoms with E-state index in [2.05, 4.69) is 25.9 Å². The maximum atomic E-state index is 13.4. The third-order valence-corrected chi connectivity index (χ3v) is 2.28. The molecule has 2 rings (SSSR count). The standard InChI is InChI=1S/C10H11FN6O/c11-7-3-1-2-6(9(7)16-12)10(18)13-4-8-14-5-15-17-8/h1-3,5,16H,4,12H2,(H,13,18)(H,14,15,17). The van der Waals surface area contributed by atoms with E-state index >= 15 is 0 Å². The van der Waals surface area contributed by atoms with Gasteiger partial charge < -0.3 is 10.7 Å². The molecular weight excluding hydrogens is 239 g/mol. The van der Waals surface area contributed by atoms with Crippen LogP contribution in [0.15, 0.2) is 24.5 Å². The fourth-order valence-corrected chi connectivity index (χ4v) is 1.44. The van der Waals surface area contributed by atoms with Crippen LogP contribution in [-0.4, -0.2) is 21.1 Å². The van der Waals surface area contributed by atoms with Crippen molar-refractivity contribution in [2.45, 2.75) is 6.54 Å². The molecule has 94 valence electrons. The van der Waals surface area contributed by atoms with Crippen LogP contribution in [-0.2, 0) is 6.54 Å². The van der Waals surface area contributed by atoms with Gasteiger partial charge >= 0.3 is 0 Å². The van der Waals surface area contributed by atoms with Crippen LogP contribution in [0.2, 0.25) is 0 Å². The Morgan fingerprint density at radius 2 is 2.33 bits per heavy atom. The quantitative estimate of drug-likeness (QED) is 0.456. The second-order valence-electron chi connectivity index (χ2n) is 3.42. The second kappa shape index (κ2) is 5.23. The SMILES string of the molecule is NNc1c(F)cccc1C(=O)NCc1ncn[nH]1. The van der Waals surface area contributed by atoms with Crippen molar-refractivity contribution < 1.29 is 9.18 Å². The Labute approximate surface area is 102 Å². The highest BCUT2D eigenvalue weighted by Crippen LogP contribution is 2.18. The summed E-state index contributed by atoms with van der Waals surface area (Å²) in [6.45, 7) is 0.166. The first-order valence-electron chi connectivity index (χ1n) is 5.10. The summed E-state index contributed by atoms with van der Waals surface area (Å²) in [6, 6.07) is 4.11. The fraction of sp³-hybridized carbons (Fsp3) is 0.100. The van der Waals surface area contributed by atoms with Gasteiger partial charge in [-0.15, -0.1) is 0 Å². The largest absolute Gasteiger partial charge is 0.345 e. The summed E-state index contributed by atoms with van der Waals surface area (Å²) in [5.41, 5.74) is 2.24. The number of nitrogens with zero attached hydrogens (tertiary/aromatic N) is 2. The summed E-state index contributed by atoms with van der Waals surface area (Å²) in [4.78, 5) is 15.7. The molecule has 0 radical (unpaired) electrons. The Kier molecular flexibility index (Phi) is 3.49. The molecule has 7 nitrogen and oxygen atoms in total. The number of hydrazine groups is 1. The number of aromatic nitrogens is 3. The van der Waals surface area contributed by atoms with Gasteiger partial charge in [0.15, 0.2) is 0 Å². The number of H-pyrrole nitrogens is 1. The minimum Gasteiger partial charge on any atom is -0.345 e. The summed E-state index contributed by atoms with van der Waals surface area (Å²) in [5, 5.41) is 8.80. The van der Waals surface area contributed by atoms with Crippen LogP contribution in [0.5, 0.6) is 0 Å². The Balaban J connectivity index is 2.11. The maximum Gasteiger partial charge on any atom is 0.253 e. The van der Waals surface area contributed by atoms with Crippen molar-refractivity contribution in [3.63, 3.8) is 0 Å². The Morgan fingerprint density at radius 3 is 3.00 bits per heavy atom. The van der Waals surface area contributed by atoms with Crippen LogP contribution in [0.4, 0.5) is 10.1 Å². The van der Waals surface area contributed by atoms with E-state index in [1.54, 1.807) is 0 Å². The monoisotopic (exact) mass is 250 g/mol. The number of hydrogen-bond acceptors (Lipinski definition) is 5. The Morgan fingerprint density at radius 1 is 1.50 bits per heavy atom. The van der Waals surface area contributed by atoms with Crippen molar-refractivity contribution >= 4 is 11.6 Å². The number of benzene rings is 1. The number of nitrogens with two attached hydrogens (primary N) is 1. The molecule has 0 unspecified atom stereocenters. The van der Waals surface area contributed by atoms with Gasteiger partial charge in [0.2, 0.25) is 0 Å². The van der Waals surface area contributed by atoms with Gasteiger partial charge in [-0.3, -0.25) is 15.7 Å². The first-order valence-corrected chi connectivity index (χ1v) is 5.10. The first kappa shape index (κ1) is 12.0. The lowest BCUT2D eigenvalue weighted by Gasteiger charge is -2.09. The summed E-state index contributed by atoms with van der Waals surface area (Å²) < 4.78 is 13.4. The Bertz CT molecular complexity index is 541. The van der Waals surface area contributed by atoms with Crippen LogP contribution in [0.3, 0.4) is 0 Å². The van der Waals surface area contributed by atoms with E-state index in [4.69, 9.17) is 5.84 Å². The van der Waals surface area contributed by atoms with Gasteiger partial charge in [0, 0.05) is 0 Å². The molecule has 0 fully saturated rings. The first-order chi connectivity index (χ1) is 8.72. The van der Waals surface area contributed by atoms with E-state index in [9.17, 15) is 9.18 Å². The molecule has 0 aliphatic rings. The Hall–Kier alpha value is -2.48. The molecule has 2 aromatic rings. The number of para-hydroxylation sites is 1. The summed E-state index contributed by atoms with van der Waals surface area (Å²) in [6.07, 6.45) is 1.33. The van der Waals surface area contributed by atoms with E-state index in [0.717, 1.165) is 0 Å². The van der Waals surface area contributed by atoms with Crippen molar-refractivity contribution in [1.82, 2.24) is 20.5 Å². The molecule has 0 bridgehead atoms. The topological polar surface area (TPSA) is 109 Å². The molecule has 18 heavy (non-hydrogen) atoms. The van der Waals surface area contributed by atoms with Crippen LogP contribution < -0.4 is 16.6 Å². The van der Waals surface area contributed by atoms with E-state index in [-0.39, 0.29) is 17.8 Å². The number of amides is 1. The molecule has 0 aliphatic heterocycles. The number of carbonyl (C=O) groups excluding carboxylic acids is 1. The predicted octanol–water partition coefficient (Wildman–Crippen LogP) is 0.159. The van der Waals surface area contributed by atoms with Gasteiger partial charge in [-0.25, -0.2) is 9.37 Å². The smallest absolute Gasteiger partial charge is 0.253 e. The van der Waals surface area contributed by atoms with Gasteiger partial charge in [0.05, 0.1) is 17.8 Å². The minimum atomic E-state index is -0.593. The van der Waals surface area contributed by atoms with Crippen molar-refractivity contribution in [2.24, 2.45) is 5.84 Å². The summed E-state index contributed by atoms with van der Waals surface area (Å²) in [5.74, 6) is 4.63. The molecule has 1 heterocycles. The molecule has 8 heteroatoms. The maximum absolute atomic E-state index is 13.4. The second-order valence-corrected chi connectivity index (χ2v) is 3.42. The molecule has 1 aromatic carbocycles. The lowest BCUT2D eigenvalue weighted by Crippen LogP contribution is -2.25. The van der Waals surface area contributed by atoms with Crippen molar-refractivity contribution in [1.29, 1.82) is 0 Å². The molecule has 0 spiro atoms. The highest BCUT2D eigenvalue weighted by Gasteiger charge is 2.14. The zero-order valence-electron chi connectivity index (χ0n) is 9.27. The number of hydrogen-bond donors (Lipinski definition) is 4.